The van der Waals surface area contributed by atoms with Crippen LogP contribution in [0.1, 0.15) is 30.1 Å². The van der Waals surface area contributed by atoms with Gasteiger partial charge in [0.25, 0.3) is 5.91 Å². The van der Waals surface area contributed by atoms with Gasteiger partial charge in [-0.2, -0.15) is 0 Å². The molecule has 2 N–H and O–H groups in total. The van der Waals surface area contributed by atoms with Crippen molar-refractivity contribution in [2.24, 2.45) is 0 Å². The van der Waals surface area contributed by atoms with Gasteiger partial charge in [-0.15, -0.1) is 0 Å². The average molecular weight is 377 g/mol. The summed E-state index contributed by atoms with van der Waals surface area (Å²) in [6.07, 6.45) is 1.18. The molecule has 138 valence electrons. The van der Waals surface area contributed by atoms with Crippen molar-refractivity contribution in [1.82, 2.24) is 0 Å². The molecule has 0 atom stereocenters. The van der Waals surface area contributed by atoms with Crippen LogP contribution in [-0.4, -0.2) is 26.0 Å². The molecule has 0 radical (unpaired) electrons. The first kappa shape index (κ1) is 19.6. The smallest absolute Gasteiger partial charge is 0.255 e. The van der Waals surface area contributed by atoms with Gasteiger partial charge in [0.2, 0.25) is 5.91 Å². The van der Waals surface area contributed by atoms with Gasteiger partial charge >= 0.3 is 0 Å². The lowest BCUT2D eigenvalue weighted by molar-refractivity contribution is -0.116. The monoisotopic (exact) mass is 376 g/mol. The number of halogens is 1. The predicted octanol–water partition coefficient (Wildman–Crippen LogP) is 4.35. The number of anilines is 2. The molecule has 2 aromatic carbocycles. The van der Waals surface area contributed by atoms with E-state index in [0.717, 1.165) is 6.42 Å². The summed E-state index contributed by atoms with van der Waals surface area (Å²) in [5.74, 6) is 0.534. The van der Waals surface area contributed by atoms with E-state index in [-0.39, 0.29) is 11.8 Å². The van der Waals surface area contributed by atoms with Crippen molar-refractivity contribution in [3.63, 3.8) is 0 Å². The molecule has 0 spiro atoms. The Bertz CT molecular complexity index is 808. The summed E-state index contributed by atoms with van der Waals surface area (Å²) in [4.78, 5) is 24.2. The summed E-state index contributed by atoms with van der Waals surface area (Å²) < 4.78 is 10.4. The van der Waals surface area contributed by atoms with E-state index in [0.29, 0.717) is 39.9 Å². The highest BCUT2D eigenvalue weighted by Crippen LogP contribution is 2.29. The number of rotatable bonds is 7. The highest BCUT2D eigenvalue weighted by molar-refractivity contribution is 6.34. The maximum absolute atomic E-state index is 12.5. The van der Waals surface area contributed by atoms with Crippen LogP contribution in [0.4, 0.5) is 11.4 Å². The van der Waals surface area contributed by atoms with Crippen molar-refractivity contribution >= 4 is 34.8 Å². The maximum Gasteiger partial charge on any atom is 0.255 e. The van der Waals surface area contributed by atoms with Crippen LogP contribution >= 0.6 is 11.6 Å². The van der Waals surface area contributed by atoms with E-state index < -0.39 is 0 Å². The second-order valence-electron chi connectivity index (χ2n) is 5.52. The summed E-state index contributed by atoms with van der Waals surface area (Å²) in [5.41, 5.74) is 1.36. The van der Waals surface area contributed by atoms with E-state index in [4.69, 9.17) is 21.1 Å². The SMILES string of the molecule is CCCC(=O)Nc1ccc(Cl)c(NC(=O)c2ccc(OC)c(OC)c2)c1. The molecule has 0 saturated carbocycles. The Labute approximate surface area is 157 Å². The van der Waals surface area contributed by atoms with Crippen LogP contribution in [0.25, 0.3) is 0 Å². The summed E-state index contributed by atoms with van der Waals surface area (Å²) in [6.45, 7) is 1.93. The van der Waals surface area contributed by atoms with Crippen molar-refractivity contribution < 1.29 is 19.1 Å². The average Bonchev–Trinajstić information content (AvgIpc) is 2.64. The molecular formula is C19H21ClN2O4. The Morgan fingerprint density at radius 1 is 1.00 bits per heavy atom. The maximum atomic E-state index is 12.5. The number of carbonyl (C=O) groups excluding carboxylic acids is 2. The predicted molar refractivity (Wildman–Crippen MR) is 102 cm³/mol. The van der Waals surface area contributed by atoms with Crippen LogP contribution in [0.15, 0.2) is 36.4 Å². The number of ether oxygens (including phenoxy) is 2. The quantitative estimate of drug-likeness (QED) is 0.753. The molecule has 7 heteroatoms. The van der Waals surface area contributed by atoms with E-state index in [2.05, 4.69) is 10.6 Å². The van der Waals surface area contributed by atoms with Crippen molar-refractivity contribution in [3.8, 4) is 11.5 Å². The minimum absolute atomic E-state index is 0.0908. The Morgan fingerprint density at radius 2 is 1.73 bits per heavy atom. The molecule has 6 nitrogen and oxygen atoms in total. The van der Waals surface area contributed by atoms with Gasteiger partial charge in [0, 0.05) is 17.7 Å². The Morgan fingerprint density at radius 3 is 2.38 bits per heavy atom. The van der Waals surface area contributed by atoms with Gasteiger partial charge in [-0.25, -0.2) is 0 Å². The Hall–Kier alpha value is -2.73. The molecule has 0 bridgehead atoms. The minimum Gasteiger partial charge on any atom is -0.493 e. The van der Waals surface area contributed by atoms with E-state index in [1.807, 2.05) is 6.92 Å². The number of hydrogen-bond acceptors (Lipinski definition) is 4. The number of methoxy groups -OCH3 is 2. The molecule has 0 saturated heterocycles. The zero-order valence-corrected chi connectivity index (χ0v) is 15.6. The Kier molecular flexibility index (Phi) is 6.86. The fourth-order valence-electron chi connectivity index (χ4n) is 2.32. The molecule has 2 rings (SSSR count). The highest BCUT2D eigenvalue weighted by atomic mass is 35.5. The molecule has 0 aliphatic heterocycles. The van der Waals surface area contributed by atoms with Gasteiger partial charge < -0.3 is 20.1 Å². The number of benzene rings is 2. The fraction of sp³-hybridized carbons (Fsp3) is 0.263. The highest BCUT2D eigenvalue weighted by Gasteiger charge is 2.13. The number of hydrogen-bond donors (Lipinski definition) is 2. The molecule has 0 fully saturated rings. The standard InChI is InChI=1S/C19H21ClN2O4/c1-4-5-18(23)21-13-7-8-14(20)15(11-13)22-19(24)12-6-9-16(25-2)17(10-12)26-3/h6-11H,4-5H2,1-3H3,(H,21,23)(H,22,24). The molecule has 0 aliphatic carbocycles. The third kappa shape index (κ3) is 4.89. The number of amides is 2. The molecule has 26 heavy (non-hydrogen) atoms. The third-order valence-electron chi connectivity index (χ3n) is 3.62. The van der Waals surface area contributed by atoms with Gasteiger partial charge in [0.05, 0.1) is 24.9 Å². The van der Waals surface area contributed by atoms with Crippen molar-refractivity contribution in [2.45, 2.75) is 19.8 Å². The first-order valence-corrected chi connectivity index (χ1v) is 8.49. The lowest BCUT2D eigenvalue weighted by atomic mass is 10.1. The van der Waals surface area contributed by atoms with Gasteiger partial charge in [-0.05, 0) is 42.8 Å². The lowest BCUT2D eigenvalue weighted by Gasteiger charge is -2.12. The second-order valence-corrected chi connectivity index (χ2v) is 5.92. The van der Waals surface area contributed by atoms with Crippen LogP contribution < -0.4 is 20.1 Å². The zero-order chi connectivity index (χ0) is 19.1. The van der Waals surface area contributed by atoms with Gasteiger partial charge in [-0.3, -0.25) is 9.59 Å². The van der Waals surface area contributed by atoms with E-state index in [1.165, 1.54) is 14.2 Å². The number of carbonyl (C=O) groups is 2. The topological polar surface area (TPSA) is 76.7 Å². The molecule has 2 amide bonds. The first-order chi connectivity index (χ1) is 12.5. The van der Waals surface area contributed by atoms with Crippen LogP contribution in [0.5, 0.6) is 11.5 Å². The largest absolute Gasteiger partial charge is 0.493 e. The second kappa shape index (κ2) is 9.10. The molecule has 0 unspecified atom stereocenters. The third-order valence-corrected chi connectivity index (χ3v) is 3.95. The molecule has 0 aromatic heterocycles. The van der Waals surface area contributed by atoms with Gasteiger partial charge in [-0.1, -0.05) is 18.5 Å². The van der Waals surface area contributed by atoms with Crippen LogP contribution in [-0.2, 0) is 4.79 Å². The van der Waals surface area contributed by atoms with Gasteiger partial charge in [0.1, 0.15) is 0 Å². The molecule has 0 aliphatic rings. The molecule has 2 aromatic rings. The van der Waals surface area contributed by atoms with Crippen molar-refractivity contribution in [3.05, 3.63) is 47.0 Å². The normalized spacial score (nSPS) is 10.2. The van der Waals surface area contributed by atoms with E-state index >= 15 is 0 Å². The summed E-state index contributed by atoms with van der Waals surface area (Å²) in [5, 5.41) is 5.88. The number of nitrogens with one attached hydrogen (secondary N) is 2. The Balaban J connectivity index is 2.19. The summed E-state index contributed by atoms with van der Waals surface area (Å²) >= 11 is 6.16. The summed E-state index contributed by atoms with van der Waals surface area (Å²) in [6, 6.07) is 9.77. The molecular weight excluding hydrogens is 356 g/mol. The van der Waals surface area contributed by atoms with E-state index in [9.17, 15) is 9.59 Å². The fourth-order valence-corrected chi connectivity index (χ4v) is 2.49. The van der Waals surface area contributed by atoms with Crippen LogP contribution in [0, 0.1) is 0 Å². The van der Waals surface area contributed by atoms with E-state index in [1.54, 1.807) is 36.4 Å². The van der Waals surface area contributed by atoms with Crippen molar-refractivity contribution in [1.29, 1.82) is 0 Å². The lowest BCUT2D eigenvalue weighted by Crippen LogP contribution is -2.14. The van der Waals surface area contributed by atoms with Crippen molar-refractivity contribution in [2.75, 3.05) is 24.9 Å². The minimum atomic E-state index is -0.357. The van der Waals surface area contributed by atoms with Crippen LogP contribution in [0.2, 0.25) is 5.02 Å². The summed E-state index contributed by atoms with van der Waals surface area (Å²) in [7, 11) is 3.02. The first-order valence-electron chi connectivity index (χ1n) is 8.11. The zero-order valence-electron chi connectivity index (χ0n) is 14.9. The molecule has 0 heterocycles. The van der Waals surface area contributed by atoms with Crippen LogP contribution in [0.3, 0.4) is 0 Å². The van der Waals surface area contributed by atoms with Gasteiger partial charge in [0.15, 0.2) is 11.5 Å².